The first kappa shape index (κ1) is 13.3. The van der Waals surface area contributed by atoms with Gasteiger partial charge < -0.3 is 10.6 Å². The standard InChI is InChI=1S/C14H17FN4/c1-4-16-13-10(3)14(18-8-17-13)19-12-6-5-9(2)7-11(12)15/h5-8H,4H2,1-3H3,(H2,16,17,18,19). The minimum absolute atomic E-state index is 0.289. The van der Waals surface area contributed by atoms with Gasteiger partial charge in [0.1, 0.15) is 23.8 Å². The molecule has 0 radical (unpaired) electrons. The molecule has 0 aliphatic rings. The Balaban J connectivity index is 2.30. The van der Waals surface area contributed by atoms with Crippen LogP contribution in [0.5, 0.6) is 0 Å². The SMILES string of the molecule is CCNc1ncnc(Nc2ccc(C)cc2F)c1C. The zero-order valence-electron chi connectivity index (χ0n) is 11.3. The first-order chi connectivity index (χ1) is 9.11. The number of nitrogens with zero attached hydrogens (tertiary/aromatic N) is 2. The number of aryl methyl sites for hydroxylation is 1. The monoisotopic (exact) mass is 260 g/mol. The van der Waals surface area contributed by atoms with E-state index in [1.807, 2.05) is 26.8 Å². The molecule has 0 aliphatic carbocycles. The average molecular weight is 260 g/mol. The number of aromatic nitrogens is 2. The Morgan fingerprint density at radius 2 is 1.89 bits per heavy atom. The summed E-state index contributed by atoms with van der Waals surface area (Å²) in [5, 5.41) is 6.14. The summed E-state index contributed by atoms with van der Waals surface area (Å²) in [6, 6.07) is 5.05. The molecule has 0 bridgehead atoms. The molecule has 100 valence electrons. The molecule has 0 fully saturated rings. The first-order valence-corrected chi connectivity index (χ1v) is 6.20. The predicted octanol–water partition coefficient (Wildman–Crippen LogP) is 3.41. The molecule has 0 saturated heterocycles. The summed E-state index contributed by atoms with van der Waals surface area (Å²) in [5.74, 6) is 1.07. The summed E-state index contributed by atoms with van der Waals surface area (Å²) in [4.78, 5) is 8.30. The van der Waals surface area contributed by atoms with Crippen LogP contribution in [0.1, 0.15) is 18.1 Å². The second-order valence-corrected chi connectivity index (χ2v) is 4.33. The van der Waals surface area contributed by atoms with E-state index in [2.05, 4.69) is 20.6 Å². The Bertz CT molecular complexity index is 584. The van der Waals surface area contributed by atoms with Crippen LogP contribution in [0.25, 0.3) is 0 Å². The summed E-state index contributed by atoms with van der Waals surface area (Å²) in [7, 11) is 0. The van der Waals surface area contributed by atoms with Gasteiger partial charge in [-0.2, -0.15) is 0 Å². The third kappa shape index (κ3) is 2.99. The number of benzene rings is 1. The molecule has 0 atom stereocenters. The topological polar surface area (TPSA) is 49.8 Å². The number of hydrogen-bond acceptors (Lipinski definition) is 4. The van der Waals surface area contributed by atoms with Crippen molar-refractivity contribution in [3.8, 4) is 0 Å². The van der Waals surface area contributed by atoms with Gasteiger partial charge in [-0.15, -0.1) is 0 Å². The maximum absolute atomic E-state index is 13.8. The fourth-order valence-corrected chi connectivity index (χ4v) is 1.77. The van der Waals surface area contributed by atoms with E-state index in [1.165, 1.54) is 12.4 Å². The molecule has 0 aliphatic heterocycles. The summed E-state index contributed by atoms with van der Waals surface area (Å²) < 4.78 is 13.8. The Kier molecular flexibility index (Phi) is 3.94. The van der Waals surface area contributed by atoms with Gasteiger partial charge >= 0.3 is 0 Å². The van der Waals surface area contributed by atoms with Gasteiger partial charge in [-0.05, 0) is 38.5 Å². The van der Waals surface area contributed by atoms with Crippen molar-refractivity contribution in [2.45, 2.75) is 20.8 Å². The van der Waals surface area contributed by atoms with Crippen LogP contribution in [0.15, 0.2) is 24.5 Å². The van der Waals surface area contributed by atoms with Crippen LogP contribution >= 0.6 is 0 Å². The Morgan fingerprint density at radius 3 is 2.58 bits per heavy atom. The Morgan fingerprint density at radius 1 is 1.16 bits per heavy atom. The zero-order valence-corrected chi connectivity index (χ0v) is 11.3. The van der Waals surface area contributed by atoms with E-state index in [-0.39, 0.29) is 5.82 Å². The molecule has 0 saturated carbocycles. The summed E-state index contributed by atoms with van der Waals surface area (Å²) in [6.45, 7) is 6.52. The highest BCUT2D eigenvalue weighted by molar-refractivity contribution is 5.64. The quantitative estimate of drug-likeness (QED) is 0.884. The van der Waals surface area contributed by atoms with Gasteiger partial charge in [-0.1, -0.05) is 6.07 Å². The van der Waals surface area contributed by atoms with Gasteiger partial charge in [-0.25, -0.2) is 14.4 Å². The lowest BCUT2D eigenvalue weighted by Crippen LogP contribution is -2.06. The number of anilines is 3. The molecule has 1 aromatic carbocycles. The lowest BCUT2D eigenvalue weighted by Gasteiger charge is -2.12. The van der Waals surface area contributed by atoms with Gasteiger partial charge in [0.15, 0.2) is 0 Å². The lowest BCUT2D eigenvalue weighted by molar-refractivity contribution is 0.630. The highest BCUT2D eigenvalue weighted by atomic mass is 19.1. The fourth-order valence-electron chi connectivity index (χ4n) is 1.77. The molecule has 1 aromatic heterocycles. The van der Waals surface area contributed by atoms with Crippen LogP contribution < -0.4 is 10.6 Å². The molecule has 2 rings (SSSR count). The van der Waals surface area contributed by atoms with E-state index in [1.54, 1.807) is 6.07 Å². The summed E-state index contributed by atoms with van der Waals surface area (Å²) >= 11 is 0. The molecule has 4 nitrogen and oxygen atoms in total. The molecule has 2 N–H and O–H groups in total. The third-order valence-electron chi connectivity index (χ3n) is 2.81. The lowest BCUT2D eigenvalue weighted by atomic mass is 10.2. The van der Waals surface area contributed by atoms with Crippen molar-refractivity contribution in [1.29, 1.82) is 0 Å². The predicted molar refractivity (Wildman–Crippen MR) is 75.4 cm³/mol. The van der Waals surface area contributed by atoms with E-state index in [0.29, 0.717) is 11.5 Å². The molecule has 0 amide bonds. The van der Waals surface area contributed by atoms with Crippen molar-refractivity contribution in [3.05, 3.63) is 41.5 Å². The van der Waals surface area contributed by atoms with E-state index in [4.69, 9.17) is 0 Å². The van der Waals surface area contributed by atoms with Gasteiger partial charge in [0, 0.05) is 12.1 Å². The normalized spacial score (nSPS) is 10.3. The van der Waals surface area contributed by atoms with Gasteiger partial charge in [-0.3, -0.25) is 0 Å². The Hall–Kier alpha value is -2.17. The molecular formula is C14H17FN4. The van der Waals surface area contributed by atoms with Crippen molar-refractivity contribution < 1.29 is 4.39 Å². The maximum atomic E-state index is 13.8. The maximum Gasteiger partial charge on any atom is 0.146 e. The van der Waals surface area contributed by atoms with Crippen LogP contribution in [0.4, 0.5) is 21.7 Å². The zero-order chi connectivity index (χ0) is 13.8. The van der Waals surface area contributed by atoms with Crippen LogP contribution in [0, 0.1) is 19.7 Å². The van der Waals surface area contributed by atoms with Crippen molar-refractivity contribution in [2.24, 2.45) is 0 Å². The molecular weight excluding hydrogens is 243 g/mol. The fraction of sp³-hybridized carbons (Fsp3) is 0.286. The van der Waals surface area contributed by atoms with Gasteiger partial charge in [0.25, 0.3) is 0 Å². The second kappa shape index (κ2) is 5.65. The van der Waals surface area contributed by atoms with Crippen molar-refractivity contribution in [2.75, 3.05) is 17.2 Å². The van der Waals surface area contributed by atoms with E-state index >= 15 is 0 Å². The summed E-state index contributed by atoms with van der Waals surface area (Å²) in [6.07, 6.45) is 1.46. The van der Waals surface area contributed by atoms with Crippen molar-refractivity contribution in [3.63, 3.8) is 0 Å². The molecule has 0 spiro atoms. The molecule has 19 heavy (non-hydrogen) atoms. The molecule has 0 unspecified atom stereocenters. The third-order valence-corrected chi connectivity index (χ3v) is 2.81. The molecule has 1 heterocycles. The van der Waals surface area contributed by atoms with E-state index in [0.717, 1.165) is 23.5 Å². The summed E-state index contributed by atoms with van der Waals surface area (Å²) in [5.41, 5.74) is 2.16. The van der Waals surface area contributed by atoms with Gasteiger partial charge in [0.05, 0.1) is 5.69 Å². The molecule has 5 heteroatoms. The van der Waals surface area contributed by atoms with Gasteiger partial charge in [0.2, 0.25) is 0 Å². The molecule has 2 aromatic rings. The second-order valence-electron chi connectivity index (χ2n) is 4.33. The highest BCUT2D eigenvalue weighted by Gasteiger charge is 2.09. The van der Waals surface area contributed by atoms with E-state index in [9.17, 15) is 4.39 Å². The number of rotatable bonds is 4. The average Bonchev–Trinajstić information content (AvgIpc) is 2.37. The van der Waals surface area contributed by atoms with Crippen LogP contribution in [-0.4, -0.2) is 16.5 Å². The number of nitrogens with one attached hydrogen (secondary N) is 2. The largest absolute Gasteiger partial charge is 0.370 e. The minimum atomic E-state index is -0.289. The smallest absolute Gasteiger partial charge is 0.146 e. The number of halogens is 1. The first-order valence-electron chi connectivity index (χ1n) is 6.20. The van der Waals surface area contributed by atoms with Crippen LogP contribution in [-0.2, 0) is 0 Å². The number of hydrogen-bond donors (Lipinski definition) is 2. The van der Waals surface area contributed by atoms with Crippen molar-refractivity contribution >= 4 is 17.3 Å². The van der Waals surface area contributed by atoms with E-state index < -0.39 is 0 Å². The minimum Gasteiger partial charge on any atom is -0.370 e. The van der Waals surface area contributed by atoms with Crippen LogP contribution in [0.2, 0.25) is 0 Å². The van der Waals surface area contributed by atoms with Crippen molar-refractivity contribution in [1.82, 2.24) is 9.97 Å². The Labute approximate surface area is 112 Å². The highest BCUT2D eigenvalue weighted by Crippen LogP contribution is 2.24. The van der Waals surface area contributed by atoms with Crippen LogP contribution in [0.3, 0.4) is 0 Å².